The lowest BCUT2D eigenvalue weighted by atomic mass is 10.1. The van der Waals surface area contributed by atoms with E-state index in [4.69, 9.17) is 15.7 Å². The van der Waals surface area contributed by atoms with Gasteiger partial charge in [-0.1, -0.05) is 30.3 Å². The fourth-order valence-corrected chi connectivity index (χ4v) is 4.66. The summed E-state index contributed by atoms with van der Waals surface area (Å²) in [6.07, 6.45) is 1.31. The number of rotatable bonds is 11. The van der Waals surface area contributed by atoms with E-state index < -0.39 is 16.1 Å². The monoisotopic (exact) mass is 517 g/mol. The molecular formula is C27H27N5O4S. The SMILES string of the molecule is N#Cc1cc(OC[C@@H](O)CNCCc2ccc(NS(=O)(=O)c3cnc4ccccc4c3)cc2)ccc1N. The number of nitrogen functional groups attached to an aromatic ring is 1. The van der Waals surface area contributed by atoms with Crippen LogP contribution in [0.2, 0.25) is 0 Å². The number of anilines is 2. The highest BCUT2D eigenvalue weighted by Gasteiger charge is 2.15. The maximum atomic E-state index is 12.8. The van der Waals surface area contributed by atoms with Crippen LogP contribution >= 0.6 is 0 Å². The molecule has 0 bridgehead atoms. The predicted molar refractivity (Wildman–Crippen MR) is 143 cm³/mol. The van der Waals surface area contributed by atoms with E-state index in [1.54, 1.807) is 30.3 Å². The van der Waals surface area contributed by atoms with E-state index in [0.717, 1.165) is 16.5 Å². The first-order chi connectivity index (χ1) is 17.8. The molecule has 0 unspecified atom stereocenters. The van der Waals surface area contributed by atoms with E-state index in [9.17, 15) is 13.5 Å². The number of nitrogens with two attached hydrogens (primary N) is 1. The van der Waals surface area contributed by atoms with E-state index >= 15 is 0 Å². The second-order valence-electron chi connectivity index (χ2n) is 8.45. The molecule has 1 aromatic heterocycles. The first-order valence-corrected chi connectivity index (χ1v) is 13.1. The van der Waals surface area contributed by atoms with E-state index in [2.05, 4.69) is 15.0 Å². The second kappa shape index (κ2) is 11.7. The number of pyridine rings is 1. The smallest absolute Gasteiger partial charge is 0.263 e. The van der Waals surface area contributed by atoms with Gasteiger partial charge in [0, 0.05) is 29.5 Å². The van der Waals surface area contributed by atoms with E-state index in [-0.39, 0.29) is 11.5 Å². The number of fused-ring (bicyclic) bond motifs is 1. The van der Waals surface area contributed by atoms with Crippen LogP contribution in [0.3, 0.4) is 0 Å². The number of sulfonamides is 1. The molecule has 5 N–H and O–H groups in total. The van der Waals surface area contributed by atoms with Crippen LogP contribution in [-0.4, -0.2) is 44.3 Å². The number of nitriles is 1. The van der Waals surface area contributed by atoms with Gasteiger partial charge in [0.2, 0.25) is 0 Å². The Morgan fingerprint density at radius 2 is 1.86 bits per heavy atom. The molecule has 0 aliphatic carbocycles. The van der Waals surface area contributed by atoms with Gasteiger partial charge in [-0.25, -0.2) is 8.42 Å². The van der Waals surface area contributed by atoms with Gasteiger partial charge in [0.1, 0.15) is 29.4 Å². The Bertz CT molecular complexity index is 1520. The molecule has 37 heavy (non-hydrogen) atoms. The van der Waals surface area contributed by atoms with Crippen LogP contribution in [0.4, 0.5) is 11.4 Å². The number of aliphatic hydroxyl groups is 1. The summed E-state index contributed by atoms with van der Waals surface area (Å²) < 4.78 is 33.7. The molecular weight excluding hydrogens is 490 g/mol. The van der Waals surface area contributed by atoms with Crippen molar-refractivity contribution in [3.05, 3.63) is 90.1 Å². The molecule has 0 saturated heterocycles. The topological polar surface area (TPSA) is 150 Å². The average Bonchev–Trinajstić information content (AvgIpc) is 2.91. The summed E-state index contributed by atoms with van der Waals surface area (Å²) in [4.78, 5) is 4.33. The van der Waals surface area contributed by atoms with Crippen LogP contribution < -0.4 is 20.5 Å². The van der Waals surface area contributed by atoms with Gasteiger partial charge in [-0.15, -0.1) is 0 Å². The van der Waals surface area contributed by atoms with Gasteiger partial charge in [-0.2, -0.15) is 5.26 Å². The van der Waals surface area contributed by atoms with Crippen LogP contribution in [0.5, 0.6) is 5.75 Å². The molecule has 0 radical (unpaired) electrons. The molecule has 0 saturated carbocycles. The lowest BCUT2D eigenvalue weighted by molar-refractivity contribution is 0.106. The molecule has 9 nitrogen and oxygen atoms in total. The molecule has 4 aromatic rings. The van der Waals surface area contributed by atoms with Crippen LogP contribution in [0.15, 0.2) is 83.9 Å². The summed E-state index contributed by atoms with van der Waals surface area (Å²) in [6.45, 7) is 1.02. The zero-order valence-electron chi connectivity index (χ0n) is 20.0. The van der Waals surface area contributed by atoms with Crippen molar-refractivity contribution in [2.24, 2.45) is 0 Å². The maximum Gasteiger partial charge on any atom is 0.263 e. The second-order valence-corrected chi connectivity index (χ2v) is 10.1. The Hall–Kier alpha value is -4.17. The molecule has 0 amide bonds. The van der Waals surface area contributed by atoms with Crippen molar-refractivity contribution in [1.29, 1.82) is 5.26 Å². The van der Waals surface area contributed by atoms with Crippen LogP contribution in [0.25, 0.3) is 10.9 Å². The first-order valence-electron chi connectivity index (χ1n) is 11.6. The van der Waals surface area contributed by atoms with Crippen molar-refractivity contribution in [2.75, 3.05) is 30.2 Å². The van der Waals surface area contributed by atoms with Gasteiger partial charge in [-0.05, 0) is 61.0 Å². The third-order valence-electron chi connectivity index (χ3n) is 5.64. The zero-order chi connectivity index (χ0) is 26.3. The van der Waals surface area contributed by atoms with Gasteiger partial charge in [-0.3, -0.25) is 9.71 Å². The quantitative estimate of drug-likeness (QED) is 0.175. The molecule has 1 atom stereocenters. The number of hydrogen-bond acceptors (Lipinski definition) is 8. The van der Waals surface area contributed by atoms with Gasteiger partial charge >= 0.3 is 0 Å². The Kier molecular flexibility index (Phi) is 8.20. The molecule has 1 heterocycles. The number of benzene rings is 3. The Morgan fingerprint density at radius 3 is 2.65 bits per heavy atom. The minimum absolute atomic E-state index is 0.0728. The normalized spacial score (nSPS) is 12.1. The van der Waals surface area contributed by atoms with Crippen LogP contribution in [0.1, 0.15) is 11.1 Å². The predicted octanol–water partition coefficient (Wildman–Crippen LogP) is 3.06. The summed E-state index contributed by atoms with van der Waals surface area (Å²) >= 11 is 0. The van der Waals surface area contributed by atoms with Crippen molar-refractivity contribution in [2.45, 2.75) is 17.4 Å². The largest absolute Gasteiger partial charge is 0.491 e. The molecule has 0 spiro atoms. The van der Waals surface area contributed by atoms with Crippen molar-refractivity contribution >= 4 is 32.3 Å². The van der Waals surface area contributed by atoms with E-state index in [0.29, 0.717) is 42.2 Å². The number of aromatic nitrogens is 1. The molecule has 0 aliphatic rings. The van der Waals surface area contributed by atoms with Gasteiger partial charge in [0.05, 0.1) is 11.1 Å². The van der Waals surface area contributed by atoms with Crippen molar-refractivity contribution in [1.82, 2.24) is 10.3 Å². The first kappa shape index (κ1) is 25.9. The Morgan fingerprint density at radius 1 is 1.08 bits per heavy atom. The zero-order valence-corrected chi connectivity index (χ0v) is 20.8. The summed E-state index contributed by atoms with van der Waals surface area (Å²) in [5, 5.41) is 23.1. The Labute approximate surface area is 215 Å². The molecule has 3 aromatic carbocycles. The van der Waals surface area contributed by atoms with Crippen molar-refractivity contribution in [3.8, 4) is 11.8 Å². The van der Waals surface area contributed by atoms with E-state index in [1.165, 1.54) is 12.3 Å². The minimum atomic E-state index is -3.77. The van der Waals surface area contributed by atoms with Gasteiger partial charge in [0.25, 0.3) is 10.0 Å². The maximum absolute atomic E-state index is 12.8. The van der Waals surface area contributed by atoms with E-state index in [1.807, 2.05) is 42.5 Å². The fraction of sp³-hybridized carbons (Fsp3) is 0.185. The third-order valence-corrected chi connectivity index (χ3v) is 6.99. The highest BCUT2D eigenvalue weighted by Crippen LogP contribution is 2.21. The fourth-order valence-electron chi connectivity index (χ4n) is 3.63. The molecule has 4 rings (SSSR count). The lowest BCUT2D eigenvalue weighted by Crippen LogP contribution is -2.32. The Balaban J connectivity index is 1.22. The lowest BCUT2D eigenvalue weighted by Gasteiger charge is -2.14. The minimum Gasteiger partial charge on any atom is -0.491 e. The third kappa shape index (κ3) is 6.95. The van der Waals surface area contributed by atoms with Gasteiger partial charge in [0.15, 0.2) is 0 Å². The summed E-state index contributed by atoms with van der Waals surface area (Å²) in [7, 11) is -3.77. The molecule has 0 fully saturated rings. The standard InChI is InChI=1S/C27H27N5O4S/c28-15-21-13-24(9-10-26(21)29)36-18-23(33)16-30-12-11-19-5-7-22(8-6-19)32-37(34,35)25-14-20-3-1-2-4-27(20)31-17-25/h1-10,13-14,17,23,30,32-33H,11-12,16,18,29H2/t23-/m0/s1. The highest BCUT2D eigenvalue weighted by molar-refractivity contribution is 7.92. The molecule has 10 heteroatoms. The molecule has 0 aliphatic heterocycles. The number of nitrogens with one attached hydrogen (secondary N) is 2. The average molecular weight is 518 g/mol. The van der Waals surface area contributed by atoms with Crippen molar-refractivity contribution in [3.63, 3.8) is 0 Å². The number of hydrogen-bond donors (Lipinski definition) is 4. The summed E-state index contributed by atoms with van der Waals surface area (Å²) in [5.41, 5.74) is 8.60. The van der Waals surface area contributed by atoms with Crippen LogP contribution in [0, 0.1) is 11.3 Å². The molecule has 190 valence electrons. The summed E-state index contributed by atoms with van der Waals surface area (Å²) in [5.74, 6) is 0.470. The number of ether oxygens (including phenoxy) is 1. The van der Waals surface area contributed by atoms with Crippen LogP contribution in [-0.2, 0) is 16.4 Å². The number of para-hydroxylation sites is 1. The number of aliphatic hydroxyl groups excluding tert-OH is 1. The van der Waals surface area contributed by atoms with Gasteiger partial charge < -0.3 is 20.9 Å². The highest BCUT2D eigenvalue weighted by atomic mass is 32.2. The van der Waals surface area contributed by atoms with Crippen molar-refractivity contribution < 1.29 is 18.3 Å². The number of nitrogens with zero attached hydrogens (tertiary/aromatic N) is 2. The summed E-state index contributed by atoms with van der Waals surface area (Å²) in [6, 6.07) is 22.8.